The van der Waals surface area contributed by atoms with Crippen LogP contribution in [0.1, 0.15) is 37.3 Å². The summed E-state index contributed by atoms with van der Waals surface area (Å²) in [6.07, 6.45) is 4.80. The van der Waals surface area contributed by atoms with E-state index in [-0.39, 0.29) is 24.1 Å². The number of halogens is 1. The average molecular weight is 516 g/mol. The lowest BCUT2D eigenvalue weighted by atomic mass is 10.0. The van der Waals surface area contributed by atoms with E-state index in [0.717, 1.165) is 79.6 Å². The zero-order chi connectivity index (χ0) is 26.1. The maximum Gasteiger partial charge on any atom is 0.407 e. The lowest BCUT2D eigenvalue weighted by Gasteiger charge is -2.32. The summed E-state index contributed by atoms with van der Waals surface area (Å²) in [5.41, 5.74) is 3.30. The molecule has 1 aromatic carbocycles. The second-order valence-electron chi connectivity index (χ2n) is 9.73. The fourth-order valence-electron chi connectivity index (χ4n) is 5.45. The van der Waals surface area contributed by atoms with Crippen molar-refractivity contribution in [1.29, 1.82) is 0 Å². The molecule has 1 N–H and O–H groups in total. The number of carbonyl (C=O) groups is 1. The van der Waals surface area contributed by atoms with Crippen molar-refractivity contribution in [3.63, 3.8) is 0 Å². The number of anilines is 2. The number of rotatable bonds is 5. The zero-order valence-electron chi connectivity index (χ0n) is 21.3. The molecular formula is C28H30FN7O2. The first-order chi connectivity index (χ1) is 18.6. The number of carbonyl (C=O) groups excluding carboxylic acids is 1. The van der Waals surface area contributed by atoms with Crippen LogP contribution in [0.15, 0.2) is 60.8 Å². The molecule has 10 heteroatoms. The van der Waals surface area contributed by atoms with Gasteiger partial charge < -0.3 is 19.9 Å². The number of fused-ring (bicyclic) bond motifs is 1. The van der Waals surface area contributed by atoms with Crippen molar-refractivity contribution in [3.8, 4) is 11.4 Å². The molecule has 0 spiro atoms. The van der Waals surface area contributed by atoms with E-state index in [9.17, 15) is 9.18 Å². The number of hydrogen-bond acceptors (Lipinski definition) is 7. The number of hydrogen-bond donors (Lipinski definition) is 1. The van der Waals surface area contributed by atoms with E-state index in [2.05, 4.69) is 20.1 Å². The number of nitrogens with zero attached hydrogens (tertiary/aromatic N) is 6. The van der Waals surface area contributed by atoms with Crippen molar-refractivity contribution in [2.75, 3.05) is 36.5 Å². The van der Waals surface area contributed by atoms with E-state index in [1.54, 1.807) is 25.4 Å². The first-order valence-corrected chi connectivity index (χ1v) is 13.1. The maximum atomic E-state index is 13.9. The van der Waals surface area contributed by atoms with Gasteiger partial charge in [-0.1, -0.05) is 18.2 Å². The van der Waals surface area contributed by atoms with E-state index in [1.165, 1.54) is 6.07 Å². The molecule has 2 fully saturated rings. The van der Waals surface area contributed by atoms with Crippen LogP contribution < -0.4 is 15.1 Å². The second-order valence-corrected chi connectivity index (χ2v) is 9.73. The van der Waals surface area contributed by atoms with Crippen molar-refractivity contribution >= 4 is 23.4 Å². The Balaban J connectivity index is 1.25. The Bertz CT molecular complexity index is 1450. The molecule has 0 saturated carbocycles. The van der Waals surface area contributed by atoms with E-state index in [4.69, 9.17) is 14.8 Å². The summed E-state index contributed by atoms with van der Waals surface area (Å²) in [6.45, 7) is 2.37. The van der Waals surface area contributed by atoms with Crippen LogP contribution in [0.3, 0.4) is 0 Å². The Hall–Kier alpha value is -4.21. The number of aromatic nitrogens is 4. The lowest BCUT2D eigenvalue weighted by Crippen LogP contribution is -2.39. The van der Waals surface area contributed by atoms with Gasteiger partial charge in [-0.2, -0.15) is 0 Å². The molecule has 1 amide bonds. The van der Waals surface area contributed by atoms with Gasteiger partial charge in [-0.3, -0.25) is 0 Å². The predicted octanol–water partition coefficient (Wildman–Crippen LogP) is 4.60. The molecule has 5 heterocycles. The summed E-state index contributed by atoms with van der Waals surface area (Å²) in [7, 11) is 1.57. The van der Waals surface area contributed by atoms with E-state index in [1.807, 2.05) is 40.9 Å². The predicted molar refractivity (Wildman–Crippen MR) is 143 cm³/mol. The van der Waals surface area contributed by atoms with Gasteiger partial charge in [-0.25, -0.2) is 23.7 Å². The first kappa shape index (κ1) is 24.1. The summed E-state index contributed by atoms with van der Waals surface area (Å²) in [4.78, 5) is 25.5. The smallest absolute Gasteiger partial charge is 0.407 e. The molecule has 0 radical (unpaired) electrons. The van der Waals surface area contributed by atoms with Gasteiger partial charge >= 0.3 is 6.09 Å². The summed E-state index contributed by atoms with van der Waals surface area (Å²) in [5.74, 6) is 1.49. The molecule has 0 unspecified atom stereocenters. The van der Waals surface area contributed by atoms with Gasteiger partial charge in [0.2, 0.25) is 0 Å². The molecule has 0 bridgehead atoms. The minimum atomic E-state index is -0.390. The Morgan fingerprint density at radius 1 is 1.03 bits per heavy atom. The van der Waals surface area contributed by atoms with Crippen molar-refractivity contribution in [1.82, 2.24) is 24.9 Å². The first-order valence-electron chi connectivity index (χ1n) is 13.1. The molecular weight excluding hydrogens is 485 g/mol. The number of pyridine rings is 1. The van der Waals surface area contributed by atoms with Crippen LogP contribution in [0.4, 0.5) is 20.8 Å². The highest BCUT2D eigenvalue weighted by Gasteiger charge is 2.28. The fraction of sp³-hybridized carbons (Fsp3) is 0.357. The monoisotopic (exact) mass is 515 g/mol. The Labute approximate surface area is 220 Å². The number of benzene rings is 1. The van der Waals surface area contributed by atoms with Crippen LogP contribution in [-0.4, -0.2) is 58.5 Å². The summed E-state index contributed by atoms with van der Waals surface area (Å²) in [5, 5.41) is 7.47. The third-order valence-electron chi connectivity index (χ3n) is 7.37. The molecule has 2 aliphatic heterocycles. The van der Waals surface area contributed by atoms with Gasteiger partial charge in [-0.15, -0.1) is 5.10 Å². The molecule has 2 aliphatic rings. The van der Waals surface area contributed by atoms with Crippen LogP contribution in [0.2, 0.25) is 0 Å². The quantitative estimate of drug-likeness (QED) is 0.416. The number of piperidine rings is 1. The lowest BCUT2D eigenvalue weighted by molar-refractivity contribution is 0.0848. The van der Waals surface area contributed by atoms with Gasteiger partial charge in [0.1, 0.15) is 29.3 Å². The average Bonchev–Trinajstić information content (AvgIpc) is 3.61. The van der Waals surface area contributed by atoms with Gasteiger partial charge in [-0.05, 0) is 54.8 Å². The Kier molecular flexibility index (Phi) is 6.53. The molecule has 196 valence electrons. The van der Waals surface area contributed by atoms with Gasteiger partial charge in [0.05, 0.1) is 17.9 Å². The third kappa shape index (κ3) is 4.73. The second kappa shape index (κ2) is 10.3. The van der Waals surface area contributed by atoms with Crippen molar-refractivity contribution in [2.24, 2.45) is 0 Å². The van der Waals surface area contributed by atoms with Crippen molar-refractivity contribution < 1.29 is 13.9 Å². The highest BCUT2D eigenvalue weighted by Crippen LogP contribution is 2.36. The molecule has 9 nitrogen and oxygen atoms in total. The third-order valence-corrected chi connectivity index (χ3v) is 7.37. The minimum Gasteiger partial charge on any atom is -0.446 e. The number of amides is 1. The molecule has 0 aliphatic carbocycles. The molecule has 4 aromatic rings. The largest absolute Gasteiger partial charge is 0.446 e. The summed E-state index contributed by atoms with van der Waals surface area (Å²) < 4.78 is 21.2. The number of alkyl carbamates (subject to hydrolysis) is 1. The van der Waals surface area contributed by atoms with Crippen molar-refractivity contribution in [2.45, 2.75) is 37.8 Å². The van der Waals surface area contributed by atoms with E-state index >= 15 is 0 Å². The van der Waals surface area contributed by atoms with E-state index in [0.29, 0.717) is 0 Å². The molecule has 3 aromatic heterocycles. The van der Waals surface area contributed by atoms with Crippen LogP contribution >= 0.6 is 0 Å². The fourth-order valence-corrected chi connectivity index (χ4v) is 5.45. The zero-order valence-corrected chi connectivity index (χ0v) is 21.3. The standard InChI is InChI=1S/C28H30FN7O2/c1-30-28(37)38-21-12-15-34(16-13-21)26-9-3-7-22(32-26)24-18-31-25-10-11-27(33-36(24)25)35-14-4-8-23(35)19-5-2-6-20(29)17-19/h2-3,5-7,9-11,17-18,21,23H,4,8,12-16H2,1H3,(H,30,37)/t23-/m1/s1. The maximum absolute atomic E-state index is 13.9. The Morgan fingerprint density at radius 3 is 2.68 bits per heavy atom. The molecule has 1 atom stereocenters. The topological polar surface area (TPSA) is 87.9 Å². The number of imidazole rings is 1. The molecule has 6 rings (SSSR count). The summed E-state index contributed by atoms with van der Waals surface area (Å²) >= 11 is 0. The van der Waals surface area contributed by atoms with Crippen LogP contribution in [0.25, 0.3) is 17.0 Å². The normalized spacial score (nSPS) is 18.2. The summed E-state index contributed by atoms with van der Waals surface area (Å²) in [6, 6.07) is 16.8. The van der Waals surface area contributed by atoms with Crippen LogP contribution in [0.5, 0.6) is 0 Å². The SMILES string of the molecule is CNC(=O)OC1CCN(c2cccc(-c3cnc4ccc(N5CCC[C@@H]5c5cccc(F)c5)nn34)n2)CC1. The molecule has 2 saturated heterocycles. The highest BCUT2D eigenvalue weighted by molar-refractivity contribution is 5.67. The van der Waals surface area contributed by atoms with Gasteiger partial charge in [0, 0.05) is 39.5 Å². The van der Waals surface area contributed by atoms with Crippen LogP contribution in [0, 0.1) is 5.82 Å². The number of nitrogens with one attached hydrogen (secondary N) is 1. The Morgan fingerprint density at radius 2 is 1.87 bits per heavy atom. The van der Waals surface area contributed by atoms with Gasteiger partial charge in [0.15, 0.2) is 5.65 Å². The van der Waals surface area contributed by atoms with Crippen molar-refractivity contribution in [3.05, 3.63) is 72.2 Å². The van der Waals surface area contributed by atoms with E-state index < -0.39 is 0 Å². The number of ether oxygens (including phenoxy) is 1. The highest BCUT2D eigenvalue weighted by atomic mass is 19.1. The minimum absolute atomic E-state index is 0.0828. The van der Waals surface area contributed by atoms with Crippen LogP contribution in [-0.2, 0) is 4.74 Å². The van der Waals surface area contributed by atoms with Gasteiger partial charge in [0.25, 0.3) is 0 Å². The molecule has 38 heavy (non-hydrogen) atoms.